The minimum absolute atomic E-state index is 0.144. The summed E-state index contributed by atoms with van der Waals surface area (Å²) in [5.74, 6) is -1.62. The molecule has 0 fully saturated rings. The van der Waals surface area contributed by atoms with E-state index < -0.39 is 21.7 Å². The van der Waals surface area contributed by atoms with Crippen molar-refractivity contribution in [2.75, 3.05) is 0 Å². The topological polar surface area (TPSA) is 71.4 Å². The zero-order valence-electron chi connectivity index (χ0n) is 9.55. The summed E-state index contributed by atoms with van der Waals surface area (Å²) < 4.78 is 23.8. The second-order valence-corrected chi connectivity index (χ2v) is 6.42. The van der Waals surface area contributed by atoms with Crippen molar-refractivity contribution in [2.24, 2.45) is 5.92 Å². The highest BCUT2D eigenvalue weighted by Crippen LogP contribution is 2.40. The van der Waals surface area contributed by atoms with E-state index in [1.54, 1.807) is 12.1 Å². The molecular weight excluding hydrogens is 276 g/mol. The number of carbonyl (C=O) groups is 1. The maximum atomic E-state index is 11.9. The number of hydrogen-bond acceptors (Lipinski definition) is 3. The predicted octanol–water partition coefficient (Wildman–Crippen LogP) is 2.58. The molecule has 4 nitrogen and oxygen atoms in total. The third-order valence-electron chi connectivity index (χ3n) is 2.85. The molecule has 0 saturated carbocycles. The number of fused-ring (bicyclic) bond motifs is 1. The third kappa shape index (κ3) is 2.15. The number of carboxylic acids is 1. The minimum atomic E-state index is -3.49. The van der Waals surface area contributed by atoms with Crippen LogP contribution in [0.1, 0.15) is 18.9 Å². The van der Waals surface area contributed by atoms with Gasteiger partial charge in [0.1, 0.15) is 0 Å². The van der Waals surface area contributed by atoms with Gasteiger partial charge in [0.25, 0.3) is 0 Å². The van der Waals surface area contributed by atoms with E-state index in [4.69, 9.17) is 16.7 Å². The van der Waals surface area contributed by atoms with Gasteiger partial charge in [-0.2, -0.15) is 0 Å². The van der Waals surface area contributed by atoms with E-state index in [-0.39, 0.29) is 11.3 Å². The Hall–Kier alpha value is -1.33. The maximum absolute atomic E-state index is 11.9. The average molecular weight is 287 g/mol. The van der Waals surface area contributed by atoms with Crippen LogP contribution in [0.25, 0.3) is 5.57 Å². The van der Waals surface area contributed by atoms with Crippen molar-refractivity contribution in [3.05, 3.63) is 34.2 Å². The number of aliphatic carboxylic acids is 1. The average Bonchev–Trinajstić information content (AvgIpc) is 2.51. The molecule has 18 heavy (non-hydrogen) atoms. The summed E-state index contributed by atoms with van der Waals surface area (Å²) in [7, 11) is -3.49. The molecule has 1 aromatic carbocycles. The molecule has 1 aliphatic rings. The first-order valence-electron chi connectivity index (χ1n) is 5.30. The fourth-order valence-electron chi connectivity index (χ4n) is 1.93. The van der Waals surface area contributed by atoms with Crippen LogP contribution in [-0.2, 0) is 14.6 Å². The van der Waals surface area contributed by atoms with Gasteiger partial charge in [-0.1, -0.05) is 24.6 Å². The van der Waals surface area contributed by atoms with Crippen molar-refractivity contribution in [1.82, 2.24) is 0 Å². The minimum Gasteiger partial charge on any atom is -0.481 e. The van der Waals surface area contributed by atoms with Crippen molar-refractivity contribution in [3.8, 4) is 0 Å². The third-order valence-corrected chi connectivity index (χ3v) is 4.71. The van der Waals surface area contributed by atoms with Crippen LogP contribution in [0, 0.1) is 5.92 Å². The Bertz CT molecular complexity index is 646. The van der Waals surface area contributed by atoms with Gasteiger partial charge in [-0.3, -0.25) is 4.79 Å². The second-order valence-electron chi connectivity index (χ2n) is 4.24. The normalized spacial score (nSPS) is 18.0. The summed E-state index contributed by atoms with van der Waals surface area (Å²) in [5, 5.41) is 10.3. The zero-order chi connectivity index (χ0) is 13.5. The smallest absolute Gasteiger partial charge is 0.306 e. The van der Waals surface area contributed by atoms with Gasteiger partial charge in [0.2, 0.25) is 9.84 Å². The molecule has 96 valence electrons. The first-order valence-corrected chi connectivity index (χ1v) is 7.22. The Morgan fingerprint density at radius 2 is 2.11 bits per heavy atom. The largest absolute Gasteiger partial charge is 0.481 e. The second kappa shape index (κ2) is 4.40. The SMILES string of the molecule is CC(CC1=CS(=O)(=O)c2cccc(Cl)c21)C(=O)O. The number of halogens is 1. The standard InChI is InChI=1S/C12H11ClO4S/c1-7(12(14)15)5-8-6-18(16,17)10-4-2-3-9(13)11(8)10/h2-4,6-7H,5H2,1H3,(H,14,15). The predicted molar refractivity (Wildman–Crippen MR) is 68.0 cm³/mol. The van der Waals surface area contributed by atoms with Crippen LogP contribution in [-0.4, -0.2) is 19.5 Å². The molecule has 0 aromatic heterocycles. The summed E-state index contributed by atoms with van der Waals surface area (Å²) in [6.45, 7) is 1.53. The maximum Gasteiger partial charge on any atom is 0.306 e. The summed E-state index contributed by atoms with van der Waals surface area (Å²) in [5.41, 5.74) is 0.901. The molecule has 1 unspecified atom stereocenters. The van der Waals surface area contributed by atoms with Gasteiger partial charge in [0.15, 0.2) is 0 Å². The van der Waals surface area contributed by atoms with Gasteiger partial charge in [-0.25, -0.2) is 8.42 Å². The lowest BCUT2D eigenvalue weighted by Crippen LogP contribution is -2.09. The lowest BCUT2D eigenvalue weighted by molar-refractivity contribution is -0.140. The van der Waals surface area contributed by atoms with E-state index in [9.17, 15) is 13.2 Å². The van der Waals surface area contributed by atoms with E-state index in [1.807, 2.05) is 0 Å². The van der Waals surface area contributed by atoms with Crippen LogP contribution in [0.2, 0.25) is 5.02 Å². The molecule has 0 amide bonds. The Kier molecular flexibility index (Phi) is 3.21. The number of allylic oxidation sites excluding steroid dienone is 1. The quantitative estimate of drug-likeness (QED) is 0.927. The summed E-state index contributed by atoms with van der Waals surface area (Å²) in [4.78, 5) is 11.0. The Morgan fingerprint density at radius 3 is 2.72 bits per heavy atom. The number of carboxylic acid groups (broad SMARTS) is 1. The van der Waals surface area contributed by atoms with E-state index in [0.717, 1.165) is 5.41 Å². The molecule has 1 heterocycles. The Labute approximate surface area is 110 Å². The van der Waals surface area contributed by atoms with Crippen molar-refractivity contribution >= 4 is 33.0 Å². The Balaban J connectivity index is 2.51. The van der Waals surface area contributed by atoms with Crippen LogP contribution in [0.3, 0.4) is 0 Å². The van der Waals surface area contributed by atoms with E-state index in [2.05, 4.69) is 0 Å². The number of rotatable bonds is 3. The van der Waals surface area contributed by atoms with Gasteiger partial charge < -0.3 is 5.11 Å². The molecule has 1 aliphatic heterocycles. The van der Waals surface area contributed by atoms with Crippen LogP contribution in [0.15, 0.2) is 28.5 Å². The van der Waals surface area contributed by atoms with Gasteiger partial charge in [-0.05, 0) is 24.1 Å². The van der Waals surface area contributed by atoms with Crippen LogP contribution < -0.4 is 0 Å². The van der Waals surface area contributed by atoms with E-state index in [0.29, 0.717) is 16.2 Å². The molecular formula is C12H11ClO4S. The number of benzene rings is 1. The highest BCUT2D eigenvalue weighted by atomic mass is 35.5. The molecule has 1 aromatic rings. The van der Waals surface area contributed by atoms with Crippen LogP contribution >= 0.6 is 11.6 Å². The zero-order valence-corrected chi connectivity index (χ0v) is 11.1. The molecule has 1 N–H and O–H groups in total. The van der Waals surface area contributed by atoms with E-state index in [1.165, 1.54) is 13.0 Å². The molecule has 0 spiro atoms. The molecule has 0 aliphatic carbocycles. The number of hydrogen-bond donors (Lipinski definition) is 1. The lowest BCUT2D eigenvalue weighted by atomic mass is 9.97. The van der Waals surface area contributed by atoms with Crippen LogP contribution in [0.5, 0.6) is 0 Å². The van der Waals surface area contributed by atoms with Crippen LogP contribution in [0.4, 0.5) is 0 Å². The monoisotopic (exact) mass is 286 g/mol. The first-order chi connectivity index (χ1) is 8.33. The van der Waals surface area contributed by atoms with Gasteiger partial charge >= 0.3 is 5.97 Å². The molecule has 6 heteroatoms. The Morgan fingerprint density at radius 1 is 1.44 bits per heavy atom. The van der Waals surface area contributed by atoms with E-state index >= 15 is 0 Å². The highest BCUT2D eigenvalue weighted by Gasteiger charge is 2.30. The summed E-state index contributed by atoms with van der Waals surface area (Å²) >= 11 is 6.00. The van der Waals surface area contributed by atoms with Crippen molar-refractivity contribution in [1.29, 1.82) is 0 Å². The highest BCUT2D eigenvalue weighted by molar-refractivity contribution is 7.95. The lowest BCUT2D eigenvalue weighted by Gasteiger charge is -2.09. The molecule has 0 bridgehead atoms. The molecule has 1 atom stereocenters. The number of sulfone groups is 1. The van der Waals surface area contributed by atoms with Crippen molar-refractivity contribution < 1.29 is 18.3 Å². The molecule has 0 radical (unpaired) electrons. The van der Waals surface area contributed by atoms with Crippen molar-refractivity contribution in [2.45, 2.75) is 18.2 Å². The van der Waals surface area contributed by atoms with Gasteiger partial charge in [0, 0.05) is 16.0 Å². The summed E-state index contributed by atoms with van der Waals surface area (Å²) in [6, 6.07) is 4.64. The first kappa shape index (κ1) is 13.1. The van der Waals surface area contributed by atoms with Gasteiger partial charge in [-0.15, -0.1) is 0 Å². The molecule has 2 rings (SSSR count). The summed E-state index contributed by atoms with van der Waals surface area (Å²) in [6.07, 6.45) is 0.144. The molecule has 0 saturated heterocycles. The van der Waals surface area contributed by atoms with Gasteiger partial charge in [0.05, 0.1) is 10.8 Å². The fourth-order valence-corrected chi connectivity index (χ4v) is 3.79. The fraction of sp³-hybridized carbons (Fsp3) is 0.250. The van der Waals surface area contributed by atoms with Crippen molar-refractivity contribution in [3.63, 3.8) is 0 Å².